The molecule has 1 unspecified atom stereocenters. The van der Waals surface area contributed by atoms with Crippen molar-refractivity contribution in [1.29, 1.82) is 0 Å². The summed E-state index contributed by atoms with van der Waals surface area (Å²) in [5.41, 5.74) is 11.5. The highest BCUT2D eigenvalue weighted by atomic mass is 35.5. The number of nitrogens with zero attached hydrogens (tertiary/aromatic N) is 1. The van der Waals surface area contributed by atoms with Gasteiger partial charge in [0.15, 0.2) is 0 Å². The Kier molecular flexibility index (Phi) is 5.29. The molecule has 1 atom stereocenters. The summed E-state index contributed by atoms with van der Waals surface area (Å²) in [7, 11) is 0. The molecule has 5 N–H and O–H groups in total. The second kappa shape index (κ2) is 6.53. The van der Waals surface area contributed by atoms with Gasteiger partial charge in [0.1, 0.15) is 0 Å². The number of anilines is 1. The predicted molar refractivity (Wildman–Crippen MR) is 77.8 cm³/mol. The Hall–Kier alpha value is -1.86. The smallest absolute Gasteiger partial charge is 0.270 e. The average molecular weight is 301 g/mol. The zero-order chi connectivity index (χ0) is 14.0. The van der Waals surface area contributed by atoms with Gasteiger partial charge in [-0.3, -0.25) is 14.9 Å². The van der Waals surface area contributed by atoms with E-state index in [4.69, 9.17) is 11.5 Å². The predicted octanol–water partition coefficient (Wildman–Crippen LogP) is 1.07. The van der Waals surface area contributed by atoms with Crippen molar-refractivity contribution in [1.82, 2.24) is 5.32 Å². The third-order valence-corrected chi connectivity index (χ3v) is 3.25. The molecule has 1 aliphatic carbocycles. The molecule has 110 valence electrons. The molecule has 0 heterocycles. The van der Waals surface area contributed by atoms with E-state index in [1.165, 1.54) is 18.2 Å². The molecule has 1 aromatic carbocycles. The second-order valence-electron chi connectivity index (χ2n) is 4.68. The molecule has 1 fully saturated rings. The van der Waals surface area contributed by atoms with Gasteiger partial charge in [-0.1, -0.05) is 0 Å². The van der Waals surface area contributed by atoms with Crippen molar-refractivity contribution in [3.63, 3.8) is 0 Å². The molecule has 0 radical (unpaired) electrons. The average Bonchev–Trinajstić information content (AvgIpc) is 3.20. The van der Waals surface area contributed by atoms with Crippen LogP contribution in [0.1, 0.15) is 23.2 Å². The molecular weight excluding hydrogens is 284 g/mol. The van der Waals surface area contributed by atoms with Crippen LogP contribution in [0.4, 0.5) is 11.4 Å². The van der Waals surface area contributed by atoms with Crippen LogP contribution >= 0.6 is 12.4 Å². The Morgan fingerprint density at radius 2 is 2.15 bits per heavy atom. The highest BCUT2D eigenvalue weighted by Gasteiger charge is 2.31. The maximum atomic E-state index is 12.1. The number of halogens is 1. The third kappa shape index (κ3) is 3.58. The minimum Gasteiger partial charge on any atom is -0.398 e. The lowest BCUT2D eigenvalue weighted by Crippen LogP contribution is -2.41. The van der Waals surface area contributed by atoms with Crippen molar-refractivity contribution in [2.45, 2.75) is 18.9 Å². The third-order valence-electron chi connectivity index (χ3n) is 3.25. The minimum atomic E-state index is -0.558. The van der Waals surface area contributed by atoms with Gasteiger partial charge in [-0.25, -0.2) is 0 Å². The molecule has 0 aromatic heterocycles. The normalized spacial score (nSPS) is 15.1. The Labute approximate surface area is 122 Å². The number of carbonyl (C=O) groups is 1. The number of amides is 1. The molecule has 0 saturated heterocycles. The topological polar surface area (TPSA) is 124 Å². The maximum absolute atomic E-state index is 12.1. The van der Waals surface area contributed by atoms with Gasteiger partial charge < -0.3 is 16.8 Å². The van der Waals surface area contributed by atoms with Gasteiger partial charge >= 0.3 is 0 Å². The molecule has 1 saturated carbocycles. The molecule has 20 heavy (non-hydrogen) atoms. The van der Waals surface area contributed by atoms with E-state index in [2.05, 4.69) is 5.32 Å². The van der Waals surface area contributed by atoms with Crippen LogP contribution in [0, 0.1) is 16.0 Å². The number of nitro benzene ring substituents is 1. The van der Waals surface area contributed by atoms with Crippen LogP contribution in [0.3, 0.4) is 0 Å². The highest BCUT2D eigenvalue weighted by molar-refractivity contribution is 6.00. The molecule has 2 rings (SSSR count). The lowest BCUT2D eigenvalue weighted by Gasteiger charge is -2.16. The molecule has 8 heteroatoms. The van der Waals surface area contributed by atoms with Crippen LogP contribution < -0.4 is 16.8 Å². The van der Waals surface area contributed by atoms with Crippen molar-refractivity contribution in [3.8, 4) is 0 Å². The first-order chi connectivity index (χ1) is 9.02. The van der Waals surface area contributed by atoms with Gasteiger partial charge in [0, 0.05) is 30.4 Å². The van der Waals surface area contributed by atoms with Gasteiger partial charge in [-0.2, -0.15) is 0 Å². The minimum absolute atomic E-state index is 0. The molecule has 1 aromatic rings. The summed E-state index contributed by atoms with van der Waals surface area (Å²) in [5, 5.41) is 13.5. The fraction of sp³-hybridized carbons (Fsp3) is 0.417. The van der Waals surface area contributed by atoms with Gasteiger partial charge in [0.05, 0.1) is 10.5 Å². The molecule has 0 bridgehead atoms. The number of rotatable bonds is 5. The van der Waals surface area contributed by atoms with Crippen LogP contribution in [0.2, 0.25) is 0 Å². The molecule has 0 spiro atoms. The first-order valence-corrected chi connectivity index (χ1v) is 6.07. The number of nitrogen functional groups attached to an aromatic ring is 1. The number of non-ortho nitro benzene ring substituents is 1. The van der Waals surface area contributed by atoms with Gasteiger partial charge in [0.2, 0.25) is 0 Å². The SMILES string of the molecule is Cl.NCC(NC(=O)c1cc([N+](=O)[O-])ccc1N)C1CC1. The summed E-state index contributed by atoms with van der Waals surface area (Å²) in [6.45, 7) is 0.352. The molecular formula is C12H17ClN4O3. The van der Waals surface area contributed by atoms with E-state index in [0.717, 1.165) is 12.8 Å². The van der Waals surface area contributed by atoms with Crippen molar-refractivity contribution < 1.29 is 9.72 Å². The fourth-order valence-corrected chi connectivity index (χ4v) is 1.97. The highest BCUT2D eigenvalue weighted by Crippen LogP contribution is 2.32. The van der Waals surface area contributed by atoms with E-state index in [1.807, 2.05) is 0 Å². The summed E-state index contributed by atoms with van der Waals surface area (Å²) < 4.78 is 0. The Morgan fingerprint density at radius 3 is 2.65 bits per heavy atom. The van der Waals surface area contributed by atoms with Gasteiger partial charge in [-0.05, 0) is 24.8 Å². The lowest BCUT2D eigenvalue weighted by atomic mass is 10.1. The largest absolute Gasteiger partial charge is 0.398 e. The fourth-order valence-electron chi connectivity index (χ4n) is 1.97. The molecule has 7 nitrogen and oxygen atoms in total. The molecule has 1 aliphatic rings. The number of hydrogen-bond acceptors (Lipinski definition) is 5. The maximum Gasteiger partial charge on any atom is 0.270 e. The van der Waals surface area contributed by atoms with E-state index < -0.39 is 10.8 Å². The second-order valence-corrected chi connectivity index (χ2v) is 4.68. The van der Waals surface area contributed by atoms with E-state index in [9.17, 15) is 14.9 Å². The number of nitrogens with two attached hydrogens (primary N) is 2. The first kappa shape index (κ1) is 16.2. The summed E-state index contributed by atoms with van der Waals surface area (Å²) in [5.74, 6) is -0.00239. The van der Waals surface area contributed by atoms with Crippen LogP contribution in [-0.4, -0.2) is 23.4 Å². The zero-order valence-corrected chi connectivity index (χ0v) is 11.6. The standard InChI is InChI=1S/C12H16N4O3.ClH/c13-6-11(7-1-2-7)15-12(17)9-5-8(16(18)19)3-4-10(9)14;/h3-5,7,11H,1-2,6,13-14H2,(H,15,17);1H. The van der Waals surface area contributed by atoms with Crippen LogP contribution in [0.5, 0.6) is 0 Å². The Morgan fingerprint density at radius 1 is 1.50 bits per heavy atom. The van der Waals surface area contributed by atoms with E-state index in [-0.39, 0.29) is 35.4 Å². The van der Waals surface area contributed by atoms with E-state index in [1.54, 1.807) is 0 Å². The number of hydrogen-bond donors (Lipinski definition) is 3. The number of nitrogens with one attached hydrogen (secondary N) is 1. The summed E-state index contributed by atoms with van der Waals surface area (Å²) >= 11 is 0. The number of carbonyl (C=O) groups excluding carboxylic acids is 1. The summed E-state index contributed by atoms with van der Waals surface area (Å²) in [6, 6.07) is 3.73. The quantitative estimate of drug-likeness (QED) is 0.426. The van der Waals surface area contributed by atoms with Crippen LogP contribution in [-0.2, 0) is 0 Å². The van der Waals surface area contributed by atoms with E-state index in [0.29, 0.717) is 12.5 Å². The van der Waals surface area contributed by atoms with Crippen LogP contribution in [0.15, 0.2) is 18.2 Å². The molecule has 1 amide bonds. The van der Waals surface area contributed by atoms with Crippen molar-refractivity contribution in [3.05, 3.63) is 33.9 Å². The lowest BCUT2D eigenvalue weighted by molar-refractivity contribution is -0.384. The summed E-state index contributed by atoms with van der Waals surface area (Å²) in [4.78, 5) is 22.2. The monoisotopic (exact) mass is 300 g/mol. The first-order valence-electron chi connectivity index (χ1n) is 6.07. The molecule has 0 aliphatic heterocycles. The number of nitro groups is 1. The van der Waals surface area contributed by atoms with Crippen LogP contribution in [0.25, 0.3) is 0 Å². The van der Waals surface area contributed by atoms with Crippen molar-refractivity contribution >= 4 is 29.7 Å². The Balaban J connectivity index is 0.00000200. The van der Waals surface area contributed by atoms with Crippen molar-refractivity contribution in [2.75, 3.05) is 12.3 Å². The van der Waals surface area contributed by atoms with Gasteiger partial charge in [-0.15, -0.1) is 12.4 Å². The zero-order valence-electron chi connectivity index (χ0n) is 10.7. The number of benzene rings is 1. The van der Waals surface area contributed by atoms with Gasteiger partial charge in [0.25, 0.3) is 11.6 Å². The van der Waals surface area contributed by atoms with Crippen molar-refractivity contribution in [2.24, 2.45) is 11.7 Å². The summed E-state index contributed by atoms with van der Waals surface area (Å²) in [6.07, 6.45) is 2.10. The Bertz CT molecular complexity index is 519. The van der Waals surface area contributed by atoms with E-state index >= 15 is 0 Å².